The number of nitrogens with zero attached hydrogens (tertiary/aromatic N) is 1. The molecule has 0 radical (unpaired) electrons. The quantitative estimate of drug-likeness (QED) is 0.535. The summed E-state index contributed by atoms with van der Waals surface area (Å²) in [6.07, 6.45) is 2.03. The zero-order chi connectivity index (χ0) is 13.3. The number of nitrogens with one attached hydrogen (secondary N) is 1. The van der Waals surface area contributed by atoms with Gasteiger partial charge in [-0.1, -0.05) is 0 Å². The zero-order valence-corrected chi connectivity index (χ0v) is 11.7. The van der Waals surface area contributed by atoms with Crippen LogP contribution >= 0.6 is 11.6 Å². The number of halogens is 1. The lowest BCUT2D eigenvalue weighted by Gasteiger charge is -2.23. The molecule has 2 amide bonds. The third-order valence-electron chi connectivity index (χ3n) is 2.61. The molecular weight excluding hydrogens is 240 g/mol. The van der Waals surface area contributed by atoms with E-state index in [2.05, 4.69) is 5.32 Å². The minimum atomic E-state index is -0.446. The summed E-state index contributed by atoms with van der Waals surface area (Å²) < 4.78 is 0. The van der Waals surface area contributed by atoms with Gasteiger partial charge >= 0.3 is 0 Å². The number of unbranched alkanes of at least 4 members (excludes halogenated alkanes) is 1. The van der Waals surface area contributed by atoms with Gasteiger partial charge in [-0.25, -0.2) is 0 Å². The molecule has 17 heavy (non-hydrogen) atoms. The Morgan fingerprint density at radius 3 is 2.29 bits per heavy atom. The standard InChI is InChI=1S/C12H23ClN2O2/c1-4-15(5-2)12(17)10(3)14-11(16)8-6-7-9-13/h10H,4-9H2,1-3H3,(H,14,16). The summed E-state index contributed by atoms with van der Waals surface area (Å²) in [5, 5.41) is 2.71. The van der Waals surface area contributed by atoms with E-state index < -0.39 is 6.04 Å². The van der Waals surface area contributed by atoms with Gasteiger partial charge in [0.25, 0.3) is 0 Å². The summed E-state index contributed by atoms with van der Waals surface area (Å²) in [4.78, 5) is 25.1. The molecule has 0 aliphatic carbocycles. The van der Waals surface area contributed by atoms with Crippen molar-refractivity contribution in [2.45, 2.75) is 46.1 Å². The Bertz CT molecular complexity index is 243. The SMILES string of the molecule is CCN(CC)C(=O)C(C)NC(=O)CCCCCl. The molecule has 1 N–H and O–H groups in total. The van der Waals surface area contributed by atoms with Crippen LogP contribution in [0, 0.1) is 0 Å². The van der Waals surface area contributed by atoms with Gasteiger partial charge in [0.15, 0.2) is 0 Å². The second-order valence-corrected chi connectivity index (χ2v) is 4.32. The van der Waals surface area contributed by atoms with Gasteiger partial charge in [0.05, 0.1) is 0 Å². The Hall–Kier alpha value is -0.770. The first-order valence-corrected chi connectivity index (χ1v) is 6.74. The number of amides is 2. The van der Waals surface area contributed by atoms with Gasteiger partial charge in [-0.2, -0.15) is 0 Å². The van der Waals surface area contributed by atoms with Crippen molar-refractivity contribution >= 4 is 23.4 Å². The Labute approximate surface area is 109 Å². The maximum absolute atomic E-state index is 11.9. The van der Waals surface area contributed by atoms with Crippen molar-refractivity contribution in [1.82, 2.24) is 10.2 Å². The Kier molecular flexibility index (Phi) is 8.86. The van der Waals surface area contributed by atoms with E-state index in [9.17, 15) is 9.59 Å². The van der Waals surface area contributed by atoms with E-state index in [1.165, 1.54) is 0 Å². The molecular formula is C12H23ClN2O2. The molecule has 0 saturated heterocycles. The highest BCUT2D eigenvalue weighted by Crippen LogP contribution is 1.99. The summed E-state index contributed by atoms with van der Waals surface area (Å²) in [6, 6.07) is -0.446. The van der Waals surface area contributed by atoms with E-state index in [0.29, 0.717) is 25.4 Å². The Balaban J connectivity index is 4.02. The molecule has 0 bridgehead atoms. The van der Waals surface area contributed by atoms with Crippen LogP contribution in [0.5, 0.6) is 0 Å². The number of hydrogen-bond acceptors (Lipinski definition) is 2. The van der Waals surface area contributed by atoms with E-state index in [0.717, 1.165) is 12.8 Å². The third kappa shape index (κ3) is 6.51. The van der Waals surface area contributed by atoms with Gasteiger partial charge in [0, 0.05) is 25.4 Å². The molecule has 5 heteroatoms. The maximum Gasteiger partial charge on any atom is 0.244 e. The molecule has 0 heterocycles. The van der Waals surface area contributed by atoms with Crippen molar-refractivity contribution < 1.29 is 9.59 Å². The molecule has 0 rings (SSSR count). The molecule has 0 aromatic rings. The second-order valence-electron chi connectivity index (χ2n) is 3.95. The third-order valence-corrected chi connectivity index (χ3v) is 2.88. The van der Waals surface area contributed by atoms with Crippen LogP contribution in [0.3, 0.4) is 0 Å². The molecule has 4 nitrogen and oxygen atoms in total. The number of hydrogen-bond donors (Lipinski definition) is 1. The lowest BCUT2D eigenvalue weighted by atomic mass is 10.2. The summed E-state index contributed by atoms with van der Waals surface area (Å²) in [5.74, 6) is 0.463. The normalized spacial score (nSPS) is 12.0. The predicted octanol–water partition coefficient (Wildman–Crippen LogP) is 1.77. The molecule has 100 valence electrons. The van der Waals surface area contributed by atoms with Crippen molar-refractivity contribution in [1.29, 1.82) is 0 Å². The molecule has 0 aliphatic rings. The van der Waals surface area contributed by atoms with Crippen LogP contribution in [-0.2, 0) is 9.59 Å². The average Bonchev–Trinajstić information content (AvgIpc) is 2.30. The molecule has 0 spiro atoms. The fraction of sp³-hybridized carbons (Fsp3) is 0.833. The first kappa shape index (κ1) is 16.2. The number of alkyl halides is 1. The van der Waals surface area contributed by atoms with E-state index in [-0.39, 0.29) is 11.8 Å². The number of likely N-dealkylation sites (N-methyl/N-ethyl adjacent to an activating group) is 1. The highest BCUT2D eigenvalue weighted by Gasteiger charge is 2.19. The van der Waals surface area contributed by atoms with Crippen molar-refractivity contribution in [3.8, 4) is 0 Å². The van der Waals surface area contributed by atoms with E-state index in [1.54, 1.807) is 11.8 Å². The van der Waals surface area contributed by atoms with Crippen molar-refractivity contribution in [3.05, 3.63) is 0 Å². The summed E-state index contributed by atoms with van der Waals surface area (Å²) in [6.45, 7) is 6.91. The monoisotopic (exact) mass is 262 g/mol. The summed E-state index contributed by atoms with van der Waals surface area (Å²) in [5.41, 5.74) is 0. The first-order chi connectivity index (χ1) is 8.06. The summed E-state index contributed by atoms with van der Waals surface area (Å²) >= 11 is 5.53. The van der Waals surface area contributed by atoms with Crippen LogP contribution in [0.4, 0.5) is 0 Å². The largest absolute Gasteiger partial charge is 0.345 e. The zero-order valence-electron chi connectivity index (χ0n) is 11.0. The lowest BCUT2D eigenvalue weighted by molar-refractivity contribution is -0.135. The average molecular weight is 263 g/mol. The van der Waals surface area contributed by atoms with Gasteiger partial charge in [0.1, 0.15) is 6.04 Å². The fourth-order valence-electron chi connectivity index (χ4n) is 1.56. The molecule has 1 unspecified atom stereocenters. The number of rotatable bonds is 8. The maximum atomic E-state index is 11.9. The molecule has 0 fully saturated rings. The van der Waals surface area contributed by atoms with Gasteiger partial charge in [-0.15, -0.1) is 11.6 Å². The van der Waals surface area contributed by atoms with Crippen molar-refractivity contribution in [3.63, 3.8) is 0 Å². The van der Waals surface area contributed by atoms with Crippen LogP contribution < -0.4 is 5.32 Å². The highest BCUT2D eigenvalue weighted by molar-refractivity contribution is 6.17. The van der Waals surface area contributed by atoms with E-state index >= 15 is 0 Å². The van der Waals surface area contributed by atoms with Crippen LogP contribution in [0.2, 0.25) is 0 Å². The Morgan fingerprint density at radius 2 is 1.82 bits per heavy atom. The first-order valence-electron chi connectivity index (χ1n) is 6.20. The topological polar surface area (TPSA) is 49.4 Å². The van der Waals surface area contributed by atoms with Crippen LogP contribution in [-0.4, -0.2) is 41.7 Å². The van der Waals surface area contributed by atoms with Crippen molar-refractivity contribution in [2.24, 2.45) is 0 Å². The molecule has 0 aromatic heterocycles. The van der Waals surface area contributed by atoms with E-state index in [4.69, 9.17) is 11.6 Å². The molecule has 0 aromatic carbocycles. The minimum Gasteiger partial charge on any atom is -0.345 e. The molecule has 1 atom stereocenters. The lowest BCUT2D eigenvalue weighted by Crippen LogP contribution is -2.46. The van der Waals surface area contributed by atoms with Crippen LogP contribution in [0.25, 0.3) is 0 Å². The van der Waals surface area contributed by atoms with Crippen LogP contribution in [0.1, 0.15) is 40.0 Å². The number of carbonyl (C=O) groups is 2. The summed E-state index contributed by atoms with van der Waals surface area (Å²) in [7, 11) is 0. The Morgan fingerprint density at radius 1 is 1.24 bits per heavy atom. The van der Waals surface area contributed by atoms with E-state index in [1.807, 2.05) is 13.8 Å². The number of carbonyl (C=O) groups excluding carboxylic acids is 2. The van der Waals surface area contributed by atoms with Crippen molar-refractivity contribution in [2.75, 3.05) is 19.0 Å². The van der Waals surface area contributed by atoms with Gasteiger partial charge in [-0.3, -0.25) is 9.59 Å². The fourth-order valence-corrected chi connectivity index (χ4v) is 1.75. The van der Waals surface area contributed by atoms with Gasteiger partial charge in [0.2, 0.25) is 11.8 Å². The van der Waals surface area contributed by atoms with Gasteiger partial charge < -0.3 is 10.2 Å². The predicted molar refractivity (Wildman–Crippen MR) is 70.1 cm³/mol. The smallest absolute Gasteiger partial charge is 0.244 e. The highest BCUT2D eigenvalue weighted by atomic mass is 35.5. The van der Waals surface area contributed by atoms with Gasteiger partial charge in [-0.05, 0) is 33.6 Å². The minimum absolute atomic E-state index is 0.0271. The molecule has 0 saturated carbocycles. The van der Waals surface area contributed by atoms with Crippen LogP contribution in [0.15, 0.2) is 0 Å². The molecule has 0 aliphatic heterocycles. The second kappa shape index (κ2) is 9.28.